The van der Waals surface area contributed by atoms with Crippen molar-refractivity contribution in [2.45, 2.75) is 45.8 Å². The fourth-order valence-electron chi connectivity index (χ4n) is 2.60. The van der Waals surface area contributed by atoms with Gasteiger partial charge in [0, 0.05) is 30.8 Å². The molecule has 134 valence electrons. The minimum atomic E-state index is -0.308. The average molecular weight is 352 g/mol. The Morgan fingerprint density at radius 3 is 2.96 bits per heavy atom. The van der Waals surface area contributed by atoms with Crippen molar-refractivity contribution in [3.05, 3.63) is 18.1 Å². The second kappa shape index (κ2) is 9.86. The van der Waals surface area contributed by atoms with Crippen LogP contribution in [0, 0.1) is 5.92 Å². The summed E-state index contributed by atoms with van der Waals surface area (Å²) < 4.78 is 0. The monoisotopic (exact) mass is 351 g/mol. The second-order valence-corrected chi connectivity index (χ2v) is 7.36. The summed E-state index contributed by atoms with van der Waals surface area (Å²) in [6, 6.07) is 0. The predicted octanol–water partition coefficient (Wildman–Crippen LogP) is 2.55. The Balaban J connectivity index is 1.80. The summed E-state index contributed by atoms with van der Waals surface area (Å²) >= 11 is 1.94. The molecule has 0 radical (unpaired) electrons. The van der Waals surface area contributed by atoms with Gasteiger partial charge < -0.3 is 21.1 Å². The fraction of sp³-hybridized carbons (Fsp3) is 0.647. The van der Waals surface area contributed by atoms with Crippen molar-refractivity contribution in [3.8, 4) is 0 Å². The van der Waals surface area contributed by atoms with Crippen molar-refractivity contribution in [2.24, 2.45) is 5.92 Å². The van der Waals surface area contributed by atoms with Crippen LogP contribution in [0.5, 0.6) is 0 Å². The molecule has 0 aliphatic carbocycles. The number of hydrogen-bond acceptors (Lipinski definition) is 6. The standard InChI is InChI=1S/C17H29N5OS/c1-3-4-5-6-24-10-14(12(2)23)8-19-7-13-9-20-16-15(13)21-11-22-17(16)18/h9,11-12,14,19-20,23H,3-8,10H2,1-2H3,(H2,18,21,22). The summed E-state index contributed by atoms with van der Waals surface area (Å²) in [5.74, 6) is 2.88. The summed E-state index contributed by atoms with van der Waals surface area (Å²) in [6.45, 7) is 5.57. The molecule has 0 saturated carbocycles. The van der Waals surface area contributed by atoms with Crippen molar-refractivity contribution in [3.63, 3.8) is 0 Å². The van der Waals surface area contributed by atoms with Crippen LogP contribution in [0.3, 0.4) is 0 Å². The Labute approximate surface area is 148 Å². The molecule has 0 aliphatic rings. The summed E-state index contributed by atoms with van der Waals surface area (Å²) in [5, 5.41) is 13.4. The Kier molecular flexibility index (Phi) is 7.81. The SMILES string of the molecule is CCCCCSCC(CNCc1c[nH]c2c(N)ncnc12)C(C)O. The van der Waals surface area contributed by atoms with E-state index in [-0.39, 0.29) is 12.0 Å². The minimum Gasteiger partial charge on any atom is -0.393 e. The van der Waals surface area contributed by atoms with Crippen LogP contribution in [0.2, 0.25) is 0 Å². The Bertz CT molecular complexity index is 616. The van der Waals surface area contributed by atoms with Crippen LogP contribution in [0.25, 0.3) is 11.0 Å². The number of hydrogen-bond donors (Lipinski definition) is 4. The summed E-state index contributed by atoms with van der Waals surface area (Å²) in [4.78, 5) is 11.4. The molecule has 5 N–H and O–H groups in total. The molecule has 0 aromatic carbocycles. The molecule has 6 nitrogen and oxygen atoms in total. The highest BCUT2D eigenvalue weighted by molar-refractivity contribution is 7.99. The van der Waals surface area contributed by atoms with Crippen LogP contribution in [-0.4, -0.2) is 44.2 Å². The van der Waals surface area contributed by atoms with Gasteiger partial charge in [-0.1, -0.05) is 19.8 Å². The first-order valence-electron chi connectivity index (χ1n) is 8.66. The van der Waals surface area contributed by atoms with Gasteiger partial charge in [0.15, 0.2) is 5.82 Å². The topological polar surface area (TPSA) is 99.9 Å². The van der Waals surface area contributed by atoms with E-state index >= 15 is 0 Å². The molecular weight excluding hydrogens is 322 g/mol. The molecule has 0 bridgehead atoms. The number of thioether (sulfide) groups is 1. The molecule has 7 heteroatoms. The predicted molar refractivity (Wildman–Crippen MR) is 102 cm³/mol. The number of aromatic nitrogens is 3. The Hall–Kier alpha value is -1.31. The number of nitrogens with two attached hydrogens (primary N) is 1. The highest BCUT2D eigenvalue weighted by atomic mass is 32.2. The summed E-state index contributed by atoms with van der Waals surface area (Å²) in [6.07, 6.45) is 6.89. The van der Waals surface area contributed by atoms with Crippen LogP contribution in [-0.2, 0) is 6.54 Å². The smallest absolute Gasteiger partial charge is 0.151 e. The van der Waals surface area contributed by atoms with Gasteiger partial charge in [0.1, 0.15) is 11.8 Å². The number of aromatic amines is 1. The lowest BCUT2D eigenvalue weighted by atomic mass is 10.1. The summed E-state index contributed by atoms with van der Waals surface area (Å²) in [7, 11) is 0. The highest BCUT2D eigenvalue weighted by Gasteiger charge is 2.15. The van der Waals surface area contributed by atoms with Crippen LogP contribution in [0.15, 0.2) is 12.5 Å². The largest absolute Gasteiger partial charge is 0.393 e. The van der Waals surface area contributed by atoms with Gasteiger partial charge in [0.05, 0.1) is 11.6 Å². The molecule has 2 heterocycles. The van der Waals surface area contributed by atoms with E-state index in [1.165, 1.54) is 31.3 Å². The molecular formula is C17H29N5OS. The van der Waals surface area contributed by atoms with Gasteiger partial charge in [-0.05, 0) is 24.9 Å². The van der Waals surface area contributed by atoms with E-state index < -0.39 is 0 Å². The minimum absolute atomic E-state index is 0.251. The molecule has 2 rings (SSSR count). The van der Waals surface area contributed by atoms with Gasteiger partial charge in [0.25, 0.3) is 0 Å². The third-order valence-corrected chi connectivity index (χ3v) is 5.44. The number of unbranched alkanes of at least 4 members (excludes halogenated alkanes) is 2. The number of nitrogen functional groups attached to an aromatic ring is 1. The number of H-pyrrole nitrogens is 1. The number of rotatable bonds is 11. The molecule has 2 aromatic rings. The lowest BCUT2D eigenvalue weighted by Crippen LogP contribution is -2.31. The molecule has 0 aliphatic heterocycles. The van der Waals surface area contributed by atoms with E-state index in [2.05, 4.69) is 27.2 Å². The number of anilines is 1. The molecule has 2 aromatic heterocycles. The van der Waals surface area contributed by atoms with E-state index in [0.717, 1.165) is 28.9 Å². The van der Waals surface area contributed by atoms with Crippen LogP contribution >= 0.6 is 11.8 Å². The number of fused-ring (bicyclic) bond motifs is 1. The van der Waals surface area contributed by atoms with Gasteiger partial charge in [-0.3, -0.25) is 0 Å². The Morgan fingerprint density at radius 2 is 2.21 bits per heavy atom. The van der Waals surface area contributed by atoms with Crippen molar-refractivity contribution >= 4 is 28.6 Å². The Morgan fingerprint density at radius 1 is 1.38 bits per heavy atom. The molecule has 2 atom stereocenters. The number of nitrogens with zero attached hydrogens (tertiary/aromatic N) is 2. The van der Waals surface area contributed by atoms with E-state index in [1.807, 2.05) is 24.9 Å². The van der Waals surface area contributed by atoms with E-state index in [1.54, 1.807) is 0 Å². The fourth-order valence-corrected chi connectivity index (χ4v) is 3.87. The second-order valence-electron chi connectivity index (χ2n) is 6.21. The first-order chi connectivity index (χ1) is 11.6. The van der Waals surface area contributed by atoms with Crippen LogP contribution in [0.1, 0.15) is 38.7 Å². The molecule has 2 unspecified atom stereocenters. The van der Waals surface area contributed by atoms with Crippen molar-refractivity contribution < 1.29 is 5.11 Å². The zero-order valence-corrected chi connectivity index (χ0v) is 15.4. The lowest BCUT2D eigenvalue weighted by Gasteiger charge is -2.20. The van der Waals surface area contributed by atoms with Gasteiger partial charge in [-0.15, -0.1) is 0 Å². The maximum Gasteiger partial charge on any atom is 0.151 e. The third kappa shape index (κ3) is 5.36. The van der Waals surface area contributed by atoms with E-state index in [9.17, 15) is 5.11 Å². The number of aliphatic hydroxyl groups excluding tert-OH is 1. The first-order valence-corrected chi connectivity index (χ1v) is 9.81. The maximum atomic E-state index is 9.98. The van der Waals surface area contributed by atoms with Crippen molar-refractivity contribution in [1.29, 1.82) is 0 Å². The molecule has 0 spiro atoms. The first kappa shape index (κ1) is 19.0. The third-order valence-electron chi connectivity index (χ3n) is 4.20. The zero-order chi connectivity index (χ0) is 17.4. The zero-order valence-electron chi connectivity index (χ0n) is 14.6. The van der Waals surface area contributed by atoms with Crippen LogP contribution < -0.4 is 11.1 Å². The quantitative estimate of drug-likeness (QED) is 0.464. The highest BCUT2D eigenvalue weighted by Crippen LogP contribution is 2.19. The van der Waals surface area contributed by atoms with Gasteiger partial charge in [0.2, 0.25) is 0 Å². The van der Waals surface area contributed by atoms with E-state index in [0.29, 0.717) is 12.4 Å². The average Bonchev–Trinajstić information content (AvgIpc) is 2.97. The van der Waals surface area contributed by atoms with Gasteiger partial charge in [-0.25, -0.2) is 9.97 Å². The molecule has 0 amide bonds. The summed E-state index contributed by atoms with van der Waals surface area (Å²) in [5.41, 5.74) is 8.55. The van der Waals surface area contributed by atoms with Crippen molar-refractivity contribution in [1.82, 2.24) is 20.3 Å². The molecule has 0 fully saturated rings. The van der Waals surface area contributed by atoms with Crippen LogP contribution in [0.4, 0.5) is 5.82 Å². The normalized spacial score (nSPS) is 14.1. The maximum absolute atomic E-state index is 9.98. The number of aliphatic hydroxyl groups is 1. The molecule has 24 heavy (non-hydrogen) atoms. The lowest BCUT2D eigenvalue weighted by molar-refractivity contribution is 0.136. The number of nitrogens with one attached hydrogen (secondary N) is 2. The van der Waals surface area contributed by atoms with Gasteiger partial charge in [-0.2, -0.15) is 11.8 Å². The van der Waals surface area contributed by atoms with E-state index in [4.69, 9.17) is 5.73 Å². The van der Waals surface area contributed by atoms with Gasteiger partial charge >= 0.3 is 0 Å². The van der Waals surface area contributed by atoms with Crippen molar-refractivity contribution in [2.75, 3.05) is 23.8 Å². The molecule has 0 saturated heterocycles.